The van der Waals surface area contributed by atoms with Gasteiger partial charge in [-0.25, -0.2) is 18.0 Å². The molecule has 5 N–H and O–H groups in total. The summed E-state index contributed by atoms with van der Waals surface area (Å²) >= 11 is 0. The third-order valence-corrected chi connectivity index (χ3v) is 5.73. The summed E-state index contributed by atoms with van der Waals surface area (Å²) in [6.07, 6.45) is 4.43. The highest BCUT2D eigenvalue weighted by atomic mass is 32.2. The number of carboxylic acids is 2. The van der Waals surface area contributed by atoms with E-state index in [4.69, 9.17) is 21.1 Å². The first-order chi connectivity index (χ1) is 15.2. The number of hydrogen-bond acceptors (Lipinski definition) is 6. The summed E-state index contributed by atoms with van der Waals surface area (Å²) in [4.78, 5) is 30.9. The number of aliphatic hydroxyl groups excluding tert-OH is 1. The van der Waals surface area contributed by atoms with Gasteiger partial charge >= 0.3 is 11.9 Å². The van der Waals surface area contributed by atoms with E-state index in [1.807, 2.05) is 6.92 Å². The van der Waals surface area contributed by atoms with Crippen molar-refractivity contribution in [1.82, 2.24) is 0 Å². The molecule has 0 aliphatic carbocycles. The van der Waals surface area contributed by atoms with Gasteiger partial charge in [0.25, 0.3) is 0 Å². The van der Waals surface area contributed by atoms with E-state index in [1.54, 1.807) is 45.1 Å². The third kappa shape index (κ3) is 15.2. The Kier molecular flexibility index (Phi) is 15.9. The van der Waals surface area contributed by atoms with Crippen LogP contribution in [0.15, 0.2) is 64.6 Å². The van der Waals surface area contributed by atoms with Gasteiger partial charge in [-0.15, -0.1) is 0 Å². The van der Waals surface area contributed by atoms with Gasteiger partial charge in [-0.3, -0.25) is 4.79 Å². The van der Waals surface area contributed by atoms with Gasteiger partial charge in [-0.1, -0.05) is 36.4 Å². The van der Waals surface area contributed by atoms with Crippen molar-refractivity contribution in [3.05, 3.63) is 65.3 Å². The standard InChI is InChI=1S/C11H13NO3S.C7H12O3.C5H8O2/c1-8-3-5-10(6-4-8)16(14,15)7-9(2)11(12)13;1-6(7(9)10)4-2-3-5-8;1-3-4(2)5(6)7/h3-6H,2,7H2,1H3,(H2,12,13);4,8H,2-3,5H2,1H3,(H,9,10);3H,1-2H3,(H,6,7). The molecule has 1 aromatic rings. The molecule has 1 aromatic carbocycles. The Bertz CT molecular complexity index is 974. The number of rotatable bonds is 9. The molecule has 0 aliphatic rings. The van der Waals surface area contributed by atoms with Crippen LogP contribution < -0.4 is 5.73 Å². The molecule has 1 rings (SSSR count). The molecular weight excluding hydrogens is 450 g/mol. The van der Waals surface area contributed by atoms with Crippen LogP contribution in [0, 0.1) is 6.92 Å². The molecule has 0 heterocycles. The molecule has 9 nitrogen and oxygen atoms in total. The first kappa shape index (κ1) is 31.9. The minimum atomic E-state index is -3.52. The van der Waals surface area contributed by atoms with Crippen LogP contribution in [0.4, 0.5) is 0 Å². The molecule has 1 amide bonds. The number of unbranched alkanes of at least 4 members (excludes halogenated alkanes) is 1. The normalized spacial score (nSPS) is 11.3. The minimum Gasteiger partial charge on any atom is -0.478 e. The third-order valence-electron chi connectivity index (χ3n) is 4.01. The maximum atomic E-state index is 11.8. The average Bonchev–Trinajstić information content (AvgIpc) is 2.73. The number of carboxylic acid groups (broad SMARTS) is 2. The molecule has 0 unspecified atom stereocenters. The van der Waals surface area contributed by atoms with Crippen LogP contribution in [0.1, 0.15) is 39.2 Å². The Balaban J connectivity index is 0. The highest BCUT2D eigenvalue weighted by Gasteiger charge is 2.17. The Morgan fingerprint density at radius 2 is 1.52 bits per heavy atom. The van der Waals surface area contributed by atoms with E-state index in [9.17, 15) is 22.8 Å². The predicted octanol–water partition coefficient (Wildman–Crippen LogP) is 2.64. The zero-order valence-corrected chi connectivity index (χ0v) is 20.2. The van der Waals surface area contributed by atoms with E-state index in [-0.39, 0.29) is 17.1 Å². The summed E-state index contributed by atoms with van der Waals surface area (Å²) in [5, 5.41) is 24.8. The minimum absolute atomic E-state index is 0.111. The van der Waals surface area contributed by atoms with Crippen molar-refractivity contribution in [1.29, 1.82) is 0 Å². The van der Waals surface area contributed by atoms with Crippen molar-refractivity contribution in [2.24, 2.45) is 5.73 Å². The van der Waals surface area contributed by atoms with Crippen LogP contribution in [0.3, 0.4) is 0 Å². The smallest absolute Gasteiger partial charge is 0.330 e. The Hall–Kier alpha value is -3.24. The van der Waals surface area contributed by atoms with Crippen LogP contribution in [-0.4, -0.2) is 53.9 Å². The first-order valence-electron chi connectivity index (χ1n) is 9.83. The summed E-state index contributed by atoms with van der Waals surface area (Å²) in [5.41, 5.74) is 6.53. The lowest BCUT2D eigenvalue weighted by atomic mass is 10.2. The van der Waals surface area contributed by atoms with Crippen molar-refractivity contribution < 1.29 is 38.1 Å². The van der Waals surface area contributed by atoms with Crippen LogP contribution in [0.25, 0.3) is 0 Å². The number of allylic oxidation sites excluding steroid dienone is 2. The molecule has 0 saturated heterocycles. The Morgan fingerprint density at radius 3 is 1.85 bits per heavy atom. The van der Waals surface area contributed by atoms with Crippen molar-refractivity contribution >= 4 is 27.7 Å². The Labute approximate surface area is 194 Å². The highest BCUT2D eigenvalue weighted by Crippen LogP contribution is 2.14. The fourth-order valence-corrected chi connectivity index (χ4v) is 3.07. The second-order valence-corrected chi connectivity index (χ2v) is 8.86. The van der Waals surface area contributed by atoms with Crippen LogP contribution in [0.5, 0.6) is 0 Å². The van der Waals surface area contributed by atoms with E-state index in [2.05, 4.69) is 6.58 Å². The number of aliphatic carboxylic acids is 2. The number of aliphatic hydroxyl groups is 1. The lowest BCUT2D eigenvalue weighted by molar-refractivity contribution is -0.133. The monoisotopic (exact) mass is 483 g/mol. The number of amides is 1. The summed E-state index contributed by atoms with van der Waals surface area (Å²) in [5.74, 6) is -2.97. The molecule has 0 saturated carbocycles. The Morgan fingerprint density at radius 1 is 1.03 bits per heavy atom. The van der Waals surface area contributed by atoms with Gasteiger partial charge < -0.3 is 21.1 Å². The van der Waals surface area contributed by atoms with E-state index >= 15 is 0 Å². The number of carbonyl (C=O) groups excluding carboxylic acids is 1. The number of primary amides is 1. The summed E-state index contributed by atoms with van der Waals surface area (Å²) in [6.45, 7) is 10.1. The van der Waals surface area contributed by atoms with Gasteiger partial charge in [0.15, 0.2) is 9.84 Å². The lowest BCUT2D eigenvalue weighted by Gasteiger charge is -2.04. The number of carbonyl (C=O) groups is 3. The van der Waals surface area contributed by atoms with Crippen molar-refractivity contribution in [2.45, 2.75) is 45.4 Å². The summed E-state index contributed by atoms with van der Waals surface area (Å²) in [6, 6.07) is 6.39. The van der Waals surface area contributed by atoms with Crippen LogP contribution in [0.2, 0.25) is 0 Å². The molecule has 0 atom stereocenters. The van der Waals surface area contributed by atoms with E-state index in [1.165, 1.54) is 12.1 Å². The topological polar surface area (TPSA) is 172 Å². The number of nitrogens with two attached hydrogens (primary N) is 1. The van der Waals surface area contributed by atoms with Gasteiger partial charge in [0.2, 0.25) is 5.91 Å². The lowest BCUT2D eigenvalue weighted by Crippen LogP contribution is -2.20. The van der Waals surface area contributed by atoms with Crippen molar-refractivity contribution in [2.75, 3.05) is 12.4 Å². The molecule has 10 heteroatoms. The zero-order chi connectivity index (χ0) is 26.2. The SMILES string of the molecule is C=C(CS(=O)(=O)c1ccc(C)cc1)C(N)=O.CC(=CCCCO)C(=O)O.CC=C(C)C(=O)O. The van der Waals surface area contributed by atoms with Gasteiger partial charge in [-0.2, -0.15) is 0 Å². The maximum absolute atomic E-state index is 11.8. The molecular formula is C23H33NO8S. The second kappa shape index (κ2) is 16.4. The van der Waals surface area contributed by atoms with E-state index in [0.717, 1.165) is 5.56 Å². The average molecular weight is 484 g/mol. The molecule has 0 fully saturated rings. The fraction of sp³-hybridized carbons (Fsp3) is 0.348. The van der Waals surface area contributed by atoms with Gasteiger partial charge in [0, 0.05) is 23.3 Å². The van der Waals surface area contributed by atoms with Crippen LogP contribution >= 0.6 is 0 Å². The van der Waals surface area contributed by atoms with E-state index in [0.29, 0.717) is 24.0 Å². The quantitative estimate of drug-likeness (QED) is 0.306. The highest BCUT2D eigenvalue weighted by molar-refractivity contribution is 7.91. The van der Waals surface area contributed by atoms with E-state index < -0.39 is 33.4 Å². The summed E-state index contributed by atoms with van der Waals surface area (Å²) in [7, 11) is -3.52. The molecule has 0 bridgehead atoms. The number of aryl methyl sites for hydroxylation is 1. The number of benzene rings is 1. The fourth-order valence-electron chi connectivity index (χ4n) is 1.75. The molecule has 0 aliphatic heterocycles. The molecule has 184 valence electrons. The van der Waals surface area contributed by atoms with Gasteiger partial charge in [0.05, 0.1) is 10.6 Å². The van der Waals surface area contributed by atoms with Crippen LogP contribution in [-0.2, 0) is 24.2 Å². The molecule has 0 aromatic heterocycles. The maximum Gasteiger partial charge on any atom is 0.330 e. The molecule has 33 heavy (non-hydrogen) atoms. The predicted molar refractivity (Wildman–Crippen MR) is 126 cm³/mol. The first-order valence-corrected chi connectivity index (χ1v) is 11.5. The van der Waals surface area contributed by atoms with Gasteiger partial charge in [0.1, 0.15) is 0 Å². The molecule has 0 spiro atoms. The van der Waals surface area contributed by atoms with Gasteiger partial charge in [-0.05, 0) is 52.7 Å². The zero-order valence-electron chi connectivity index (χ0n) is 19.4. The summed E-state index contributed by atoms with van der Waals surface area (Å²) < 4.78 is 23.6. The second-order valence-electron chi connectivity index (χ2n) is 6.87. The number of hydrogen-bond donors (Lipinski definition) is 4. The molecule has 0 radical (unpaired) electrons. The largest absolute Gasteiger partial charge is 0.478 e. The van der Waals surface area contributed by atoms with Crippen molar-refractivity contribution in [3.63, 3.8) is 0 Å². The number of sulfone groups is 1. The van der Waals surface area contributed by atoms with Crippen molar-refractivity contribution in [3.8, 4) is 0 Å².